The number of H-pyrrole nitrogens is 1. The van der Waals surface area contributed by atoms with Crippen molar-refractivity contribution in [2.45, 2.75) is 78.3 Å². The van der Waals surface area contributed by atoms with Crippen LogP contribution < -0.4 is 5.69 Å². The van der Waals surface area contributed by atoms with E-state index >= 15 is 0 Å². The maximum absolute atomic E-state index is 13.7. The number of nitrogens with zero attached hydrogens (tertiary/aromatic N) is 6. The molecule has 3 aromatic heterocycles. The summed E-state index contributed by atoms with van der Waals surface area (Å²) in [4.78, 5) is 18.4. The van der Waals surface area contributed by atoms with Gasteiger partial charge in [0.15, 0.2) is 5.82 Å². The average molecular weight is 486 g/mol. The predicted octanol–water partition coefficient (Wildman–Crippen LogP) is 5.42. The zero-order chi connectivity index (χ0) is 25.1. The third-order valence-corrected chi connectivity index (χ3v) is 8.19. The van der Waals surface area contributed by atoms with E-state index in [2.05, 4.69) is 70.8 Å². The van der Waals surface area contributed by atoms with Crippen molar-refractivity contribution >= 4 is 0 Å². The summed E-state index contributed by atoms with van der Waals surface area (Å²) in [7, 11) is 0. The molecule has 1 aliphatic carbocycles. The van der Waals surface area contributed by atoms with Gasteiger partial charge in [-0.1, -0.05) is 45.4 Å². The number of imidazole rings is 1. The van der Waals surface area contributed by atoms with Crippen LogP contribution in [0.25, 0.3) is 22.5 Å². The summed E-state index contributed by atoms with van der Waals surface area (Å²) >= 11 is 0. The van der Waals surface area contributed by atoms with Crippen molar-refractivity contribution in [2.75, 3.05) is 0 Å². The van der Waals surface area contributed by atoms with Crippen LogP contribution in [0.15, 0.2) is 53.6 Å². The lowest BCUT2D eigenvalue weighted by Gasteiger charge is -2.49. The van der Waals surface area contributed by atoms with E-state index < -0.39 is 0 Å². The zero-order valence-corrected chi connectivity index (χ0v) is 21.4. The van der Waals surface area contributed by atoms with E-state index in [9.17, 15) is 4.79 Å². The van der Waals surface area contributed by atoms with Crippen LogP contribution in [0.1, 0.15) is 76.7 Å². The summed E-state index contributed by atoms with van der Waals surface area (Å²) in [6.07, 6.45) is 11.6. The van der Waals surface area contributed by atoms with Crippen LogP contribution in [0.3, 0.4) is 0 Å². The SMILES string of the molecule is CCCCc1cn(C2CCC2(CC)CC)c(=O)n1Cc1cc(-c2cccc(-c3nnn[nH]3)c2)ccn1. The zero-order valence-electron chi connectivity index (χ0n) is 21.4. The molecule has 1 aromatic carbocycles. The Bertz CT molecular complexity index is 1360. The van der Waals surface area contributed by atoms with Gasteiger partial charge in [-0.3, -0.25) is 14.1 Å². The molecule has 1 atom stereocenters. The first-order valence-electron chi connectivity index (χ1n) is 13.2. The van der Waals surface area contributed by atoms with Gasteiger partial charge < -0.3 is 0 Å². The minimum atomic E-state index is 0.101. The lowest BCUT2D eigenvalue weighted by atomic mass is 9.61. The first kappa shape index (κ1) is 24.2. The highest BCUT2D eigenvalue weighted by Gasteiger charge is 2.45. The Kier molecular flexibility index (Phi) is 6.85. The minimum Gasteiger partial charge on any atom is -0.295 e. The van der Waals surface area contributed by atoms with Crippen LogP contribution in [0, 0.1) is 5.41 Å². The molecule has 188 valence electrons. The lowest BCUT2D eigenvalue weighted by Crippen LogP contribution is -2.44. The van der Waals surface area contributed by atoms with Crippen LogP contribution in [0.2, 0.25) is 0 Å². The van der Waals surface area contributed by atoms with Crippen molar-refractivity contribution in [1.82, 2.24) is 34.7 Å². The van der Waals surface area contributed by atoms with Gasteiger partial charge in [-0.25, -0.2) is 9.89 Å². The second kappa shape index (κ2) is 10.2. The molecule has 0 amide bonds. The van der Waals surface area contributed by atoms with Crippen molar-refractivity contribution in [3.8, 4) is 22.5 Å². The number of unbranched alkanes of at least 4 members (excludes halogenated alkanes) is 1. The Balaban J connectivity index is 1.47. The molecule has 0 spiro atoms. The van der Waals surface area contributed by atoms with Gasteiger partial charge in [0.2, 0.25) is 0 Å². The summed E-state index contributed by atoms with van der Waals surface area (Å²) in [6.45, 7) is 7.19. The molecule has 0 aliphatic heterocycles. The van der Waals surface area contributed by atoms with Crippen molar-refractivity contribution in [1.29, 1.82) is 0 Å². The number of benzene rings is 1. The highest BCUT2D eigenvalue weighted by atomic mass is 16.1. The quantitative estimate of drug-likeness (QED) is 0.323. The standard InChI is InChI=1S/C28H35N7O/c1-4-7-11-24-19-35(25-12-14-28(25,5-2)6-3)27(36)34(24)18-23-17-21(13-15-29-23)20-9-8-10-22(16-20)26-30-32-33-31-26/h8-10,13,15-17,19,25H,4-7,11-12,14,18H2,1-3H3,(H,30,31,32,33). The third kappa shape index (κ3) is 4.40. The van der Waals surface area contributed by atoms with Gasteiger partial charge in [-0.15, -0.1) is 5.10 Å². The van der Waals surface area contributed by atoms with Gasteiger partial charge in [0, 0.05) is 29.7 Å². The van der Waals surface area contributed by atoms with Gasteiger partial charge in [-0.2, -0.15) is 0 Å². The summed E-state index contributed by atoms with van der Waals surface area (Å²) < 4.78 is 3.99. The van der Waals surface area contributed by atoms with Gasteiger partial charge in [0.25, 0.3) is 0 Å². The summed E-state index contributed by atoms with van der Waals surface area (Å²) in [6, 6.07) is 12.5. The smallest absolute Gasteiger partial charge is 0.295 e. The molecule has 0 saturated heterocycles. The fraction of sp³-hybridized carbons (Fsp3) is 0.464. The van der Waals surface area contributed by atoms with E-state index in [0.717, 1.165) is 66.6 Å². The van der Waals surface area contributed by atoms with Crippen molar-refractivity contribution < 1.29 is 0 Å². The number of nitrogens with one attached hydrogen (secondary N) is 1. The second-order valence-corrected chi connectivity index (χ2v) is 9.99. The predicted molar refractivity (Wildman–Crippen MR) is 141 cm³/mol. The molecule has 1 aliphatic rings. The number of hydrogen-bond donors (Lipinski definition) is 1. The first-order valence-corrected chi connectivity index (χ1v) is 13.2. The van der Waals surface area contributed by atoms with Gasteiger partial charge >= 0.3 is 5.69 Å². The number of rotatable bonds is 10. The van der Waals surface area contributed by atoms with Crippen molar-refractivity contribution in [3.63, 3.8) is 0 Å². The fourth-order valence-electron chi connectivity index (χ4n) is 5.72. The van der Waals surface area contributed by atoms with Gasteiger partial charge in [0.1, 0.15) is 0 Å². The van der Waals surface area contributed by atoms with Gasteiger partial charge in [0.05, 0.1) is 12.2 Å². The first-order chi connectivity index (χ1) is 17.6. The molecular weight excluding hydrogens is 450 g/mol. The Morgan fingerprint density at radius 1 is 1.08 bits per heavy atom. The van der Waals surface area contributed by atoms with Crippen molar-refractivity contribution in [3.05, 3.63) is 70.7 Å². The number of hydrogen-bond acceptors (Lipinski definition) is 5. The fourth-order valence-corrected chi connectivity index (χ4v) is 5.72. The topological polar surface area (TPSA) is 94.3 Å². The van der Waals surface area contributed by atoms with Crippen molar-refractivity contribution in [2.24, 2.45) is 5.41 Å². The lowest BCUT2D eigenvalue weighted by molar-refractivity contribution is 0.0281. The maximum Gasteiger partial charge on any atom is 0.328 e. The number of aromatic amines is 1. The van der Waals surface area contributed by atoms with E-state index in [4.69, 9.17) is 0 Å². The molecule has 5 rings (SSSR count). The molecule has 1 N–H and O–H groups in total. The summed E-state index contributed by atoms with van der Waals surface area (Å²) in [5.74, 6) is 0.630. The molecule has 8 nitrogen and oxygen atoms in total. The average Bonchev–Trinajstić information content (AvgIpc) is 3.53. The second-order valence-electron chi connectivity index (χ2n) is 9.99. The monoisotopic (exact) mass is 485 g/mol. The Labute approximate surface area is 211 Å². The number of aromatic nitrogens is 7. The van der Waals surface area contributed by atoms with Gasteiger partial charge in [-0.05, 0) is 83.7 Å². The Morgan fingerprint density at radius 2 is 1.89 bits per heavy atom. The summed E-state index contributed by atoms with van der Waals surface area (Å²) in [5, 5.41) is 14.2. The molecule has 0 bridgehead atoms. The highest BCUT2D eigenvalue weighted by Crippen LogP contribution is 2.54. The minimum absolute atomic E-state index is 0.101. The molecule has 0 radical (unpaired) electrons. The summed E-state index contributed by atoms with van der Waals surface area (Å²) in [5.41, 5.74) is 5.36. The van der Waals surface area contributed by atoms with E-state index in [-0.39, 0.29) is 11.1 Å². The maximum atomic E-state index is 13.7. The molecule has 4 aromatic rings. The van der Waals surface area contributed by atoms with E-state index in [1.54, 1.807) is 0 Å². The largest absolute Gasteiger partial charge is 0.328 e. The molecule has 3 heterocycles. The molecule has 1 fully saturated rings. The van der Waals surface area contributed by atoms with E-state index in [0.29, 0.717) is 18.4 Å². The Morgan fingerprint density at radius 3 is 2.58 bits per heavy atom. The number of tetrazole rings is 1. The van der Waals surface area contributed by atoms with Crippen LogP contribution in [0.5, 0.6) is 0 Å². The van der Waals surface area contributed by atoms with E-state index in [1.807, 2.05) is 33.5 Å². The van der Waals surface area contributed by atoms with Crippen LogP contribution >= 0.6 is 0 Å². The van der Waals surface area contributed by atoms with Crippen LogP contribution in [-0.4, -0.2) is 34.7 Å². The highest BCUT2D eigenvalue weighted by molar-refractivity contribution is 5.70. The van der Waals surface area contributed by atoms with Crippen LogP contribution in [0.4, 0.5) is 0 Å². The molecule has 1 saturated carbocycles. The molecule has 36 heavy (non-hydrogen) atoms. The third-order valence-electron chi connectivity index (χ3n) is 8.19. The number of pyridine rings is 1. The Hall–Kier alpha value is -3.55. The van der Waals surface area contributed by atoms with Crippen LogP contribution in [-0.2, 0) is 13.0 Å². The molecular formula is C28H35N7O. The normalized spacial score (nSPS) is 16.7. The number of aryl methyl sites for hydroxylation is 1. The van der Waals surface area contributed by atoms with E-state index in [1.165, 1.54) is 6.42 Å². The molecule has 8 heteroatoms. The molecule has 1 unspecified atom stereocenters.